The molecule has 0 amide bonds. The molecule has 0 saturated heterocycles. The van der Waals surface area contributed by atoms with Crippen LogP contribution in [0.15, 0.2) is 36.4 Å². The van der Waals surface area contributed by atoms with Crippen LogP contribution in [-0.4, -0.2) is 4.98 Å². The molecule has 3 aromatic rings. The van der Waals surface area contributed by atoms with Gasteiger partial charge in [0.1, 0.15) is 0 Å². The molecule has 0 aliphatic heterocycles. The van der Waals surface area contributed by atoms with Crippen molar-refractivity contribution in [3.05, 3.63) is 47.5 Å². The van der Waals surface area contributed by atoms with Crippen LogP contribution in [0.5, 0.6) is 0 Å². The predicted octanol–water partition coefficient (Wildman–Crippen LogP) is 5.36. The molecule has 0 saturated carbocycles. The maximum atomic E-state index is 13.1. The molecule has 1 nitrogen and oxygen atoms in total. The molecule has 1 aromatic heterocycles. The molecule has 7 heteroatoms. The van der Waals surface area contributed by atoms with Gasteiger partial charge in [-0.25, -0.2) is 0 Å². The fraction of sp³-hybridized carbons (Fsp3) is 0.143. The van der Waals surface area contributed by atoms with E-state index < -0.39 is 34.4 Å². The fourth-order valence-corrected chi connectivity index (χ4v) is 2.43. The molecule has 0 aliphatic rings. The van der Waals surface area contributed by atoms with Crippen molar-refractivity contribution in [3.63, 3.8) is 0 Å². The Morgan fingerprint density at radius 1 is 0.714 bits per heavy atom. The minimum atomic E-state index is -4.73. The van der Waals surface area contributed by atoms with Gasteiger partial charge in [0.15, 0.2) is 0 Å². The van der Waals surface area contributed by atoms with Gasteiger partial charge < -0.3 is 4.98 Å². The van der Waals surface area contributed by atoms with Crippen molar-refractivity contribution in [1.29, 1.82) is 0 Å². The van der Waals surface area contributed by atoms with Crippen LogP contribution in [0.2, 0.25) is 0 Å². The summed E-state index contributed by atoms with van der Waals surface area (Å²) in [6.07, 6.45) is -9.46. The molecule has 0 fully saturated rings. The van der Waals surface area contributed by atoms with Crippen molar-refractivity contribution < 1.29 is 26.3 Å². The Morgan fingerprint density at radius 3 is 1.90 bits per heavy atom. The van der Waals surface area contributed by atoms with Crippen LogP contribution >= 0.6 is 0 Å². The first-order valence-electron chi connectivity index (χ1n) is 5.87. The lowest BCUT2D eigenvalue weighted by Gasteiger charge is -2.13. The Labute approximate surface area is 114 Å². The van der Waals surface area contributed by atoms with Gasteiger partial charge in [-0.1, -0.05) is 18.2 Å². The van der Waals surface area contributed by atoms with Crippen molar-refractivity contribution in [2.45, 2.75) is 12.4 Å². The van der Waals surface area contributed by atoms with Crippen molar-refractivity contribution in [2.75, 3.05) is 0 Å². The van der Waals surface area contributed by atoms with Crippen LogP contribution in [-0.2, 0) is 12.4 Å². The first-order valence-corrected chi connectivity index (χ1v) is 5.87. The summed E-state index contributed by atoms with van der Waals surface area (Å²) in [5.41, 5.74) is -2.50. The lowest BCUT2D eigenvalue weighted by molar-refractivity contribution is -0.139. The molecule has 0 spiro atoms. The minimum absolute atomic E-state index is 0.117. The lowest BCUT2D eigenvalue weighted by Crippen LogP contribution is -2.10. The normalized spacial score (nSPS) is 13.2. The Morgan fingerprint density at radius 2 is 1.29 bits per heavy atom. The maximum absolute atomic E-state index is 13.1. The van der Waals surface area contributed by atoms with Crippen LogP contribution in [0.25, 0.3) is 21.8 Å². The number of alkyl halides is 6. The average Bonchev–Trinajstić information content (AvgIpc) is 2.74. The zero-order valence-electron chi connectivity index (χ0n) is 10.2. The number of benzene rings is 2. The number of para-hydroxylation sites is 1. The molecule has 21 heavy (non-hydrogen) atoms. The summed E-state index contributed by atoms with van der Waals surface area (Å²) in [7, 11) is 0. The maximum Gasteiger partial charge on any atom is 0.418 e. The van der Waals surface area contributed by atoms with Gasteiger partial charge in [0.05, 0.1) is 16.6 Å². The third kappa shape index (κ3) is 2.12. The summed E-state index contributed by atoms with van der Waals surface area (Å²) in [6.45, 7) is 0. The molecular formula is C14H7F6N. The molecule has 0 aliphatic carbocycles. The molecule has 1 heterocycles. The first kappa shape index (κ1) is 13.8. The zero-order chi connectivity index (χ0) is 15.4. The number of aromatic amines is 1. The van der Waals surface area contributed by atoms with E-state index in [-0.39, 0.29) is 10.9 Å². The first-order chi connectivity index (χ1) is 9.69. The molecule has 0 unspecified atom stereocenters. The van der Waals surface area contributed by atoms with Gasteiger partial charge in [-0.2, -0.15) is 26.3 Å². The standard InChI is InChI=1S/C14H7F6N/c15-13(16,17)8-5-6-9(14(18,19)20)12-11(8)7-3-1-2-4-10(7)21-12/h1-6,21H. The smallest absolute Gasteiger partial charge is 0.354 e. The third-order valence-corrected chi connectivity index (χ3v) is 3.27. The number of fused-ring (bicyclic) bond motifs is 3. The highest BCUT2D eigenvalue weighted by molar-refractivity contribution is 6.10. The monoisotopic (exact) mass is 303 g/mol. The number of rotatable bonds is 0. The van der Waals surface area contributed by atoms with Crippen molar-refractivity contribution in [1.82, 2.24) is 4.98 Å². The van der Waals surface area contributed by atoms with Gasteiger partial charge in [0.2, 0.25) is 0 Å². The molecule has 2 aromatic carbocycles. The largest absolute Gasteiger partial charge is 0.418 e. The number of aromatic nitrogens is 1. The highest BCUT2D eigenvalue weighted by atomic mass is 19.4. The van der Waals surface area contributed by atoms with E-state index in [9.17, 15) is 26.3 Å². The van der Waals surface area contributed by atoms with Gasteiger partial charge >= 0.3 is 12.4 Å². The topological polar surface area (TPSA) is 15.8 Å². The van der Waals surface area contributed by atoms with E-state index in [0.29, 0.717) is 12.1 Å². The number of H-pyrrole nitrogens is 1. The number of halogens is 6. The van der Waals surface area contributed by atoms with Crippen LogP contribution in [0, 0.1) is 0 Å². The summed E-state index contributed by atoms with van der Waals surface area (Å²) in [6, 6.07) is 6.76. The quantitative estimate of drug-likeness (QED) is 0.538. The highest BCUT2D eigenvalue weighted by Crippen LogP contribution is 2.43. The second-order valence-corrected chi connectivity index (χ2v) is 4.58. The van der Waals surface area contributed by atoms with Gasteiger partial charge in [-0.05, 0) is 18.2 Å². The van der Waals surface area contributed by atoms with Crippen molar-refractivity contribution in [2.24, 2.45) is 0 Å². The van der Waals surface area contributed by atoms with E-state index in [1.54, 1.807) is 0 Å². The second kappa shape index (κ2) is 4.16. The molecular weight excluding hydrogens is 296 g/mol. The second-order valence-electron chi connectivity index (χ2n) is 4.58. The predicted molar refractivity (Wildman–Crippen MR) is 65.8 cm³/mol. The van der Waals surface area contributed by atoms with E-state index in [1.807, 2.05) is 0 Å². The van der Waals surface area contributed by atoms with E-state index in [0.717, 1.165) is 0 Å². The highest BCUT2D eigenvalue weighted by Gasteiger charge is 2.39. The van der Waals surface area contributed by atoms with E-state index in [1.165, 1.54) is 24.3 Å². The van der Waals surface area contributed by atoms with Gasteiger partial charge in [-0.3, -0.25) is 0 Å². The molecule has 1 N–H and O–H groups in total. The van der Waals surface area contributed by atoms with Crippen molar-refractivity contribution >= 4 is 21.8 Å². The average molecular weight is 303 g/mol. The van der Waals surface area contributed by atoms with Gasteiger partial charge in [0, 0.05) is 16.3 Å². The molecule has 3 rings (SSSR count). The Balaban J connectivity index is 2.53. The van der Waals surface area contributed by atoms with Crippen molar-refractivity contribution in [3.8, 4) is 0 Å². The zero-order valence-corrected chi connectivity index (χ0v) is 10.2. The lowest BCUT2D eigenvalue weighted by atomic mass is 10.0. The molecule has 0 atom stereocenters. The van der Waals surface area contributed by atoms with E-state index >= 15 is 0 Å². The van der Waals surface area contributed by atoms with E-state index in [4.69, 9.17) is 0 Å². The summed E-state index contributed by atoms with van der Waals surface area (Å²) in [4.78, 5) is 2.45. The van der Waals surface area contributed by atoms with Crippen LogP contribution in [0.3, 0.4) is 0 Å². The Bertz CT molecular complexity index is 825. The molecule has 0 radical (unpaired) electrons. The Kier molecular flexibility index (Phi) is 2.73. The minimum Gasteiger partial charge on any atom is -0.354 e. The number of nitrogens with one attached hydrogen (secondary N) is 1. The van der Waals surface area contributed by atoms with Crippen LogP contribution in [0.1, 0.15) is 11.1 Å². The summed E-state index contributed by atoms with van der Waals surface area (Å²) >= 11 is 0. The summed E-state index contributed by atoms with van der Waals surface area (Å²) in [5, 5.41) is -0.334. The van der Waals surface area contributed by atoms with Crippen LogP contribution in [0.4, 0.5) is 26.3 Å². The van der Waals surface area contributed by atoms with Crippen LogP contribution < -0.4 is 0 Å². The SMILES string of the molecule is FC(F)(F)c1ccc(C(F)(F)F)c2c1[nH]c1ccccc12. The fourth-order valence-electron chi connectivity index (χ4n) is 2.43. The molecule has 110 valence electrons. The van der Waals surface area contributed by atoms with Gasteiger partial charge in [0.25, 0.3) is 0 Å². The third-order valence-electron chi connectivity index (χ3n) is 3.27. The number of hydrogen-bond acceptors (Lipinski definition) is 0. The Hall–Kier alpha value is -2.18. The van der Waals surface area contributed by atoms with Gasteiger partial charge in [-0.15, -0.1) is 0 Å². The summed E-state index contributed by atoms with van der Waals surface area (Å²) in [5.74, 6) is 0. The van der Waals surface area contributed by atoms with E-state index in [2.05, 4.69) is 4.98 Å². The summed E-state index contributed by atoms with van der Waals surface area (Å²) < 4.78 is 78.1. The molecule has 0 bridgehead atoms. The number of hydrogen-bond donors (Lipinski definition) is 1.